The number of hydrogen-bond acceptors (Lipinski definition) is 4. The third-order valence-corrected chi connectivity index (χ3v) is 6.20. The molecule has 0 N–H and O–H groups in total. The van der Waals surface area contributed by atoms with E-state index in [4.69, 9.17) is 4.98 Å². The Hall–Kier alpha value is -2.40. The SMILES string of the molecule is CC(C)N1CCN(c2ccc(-c3cccc(C(=O)N4CCCCC4)c3)cn2)CC1. The number of carbonyl (C=O) groups excluding carboxylic acids is 1. The maximum absolute atomic E-state index is 12.8. The van der Waals surface area contributed by atoms with Gasteiger partial charge in [-0.1, -0.05) is 12.1 Å². The molecule has 4 rings (SSSR count). The number of anilines is 1. The number of benzene rings is 1. The minimum Gasteiger partial charge on any atom is -0.354 e. The highest BCUT2D eigenvalue weighted by Crippen LogP contribution is 2.24. The molecular formula is C24H32N4O. The molecule has 0 atom stereocenters. The first-order valence-corrected chi connectivity index (χ1v) is 11.0. The Kier molecular flexibility index (Phi) is 6.14. The zero-order valence-electron chi connectivity index (χ0n) is 17.7. The van der Waals surface area contributed by atoms with Crippen molar-refractivity contribution in [2.24, 2.45) is 0 Å². The van der Waals surface area contributed by atoms with Crippen molar-refractivity contribution in [3.8, 4) is 11.1 Å². The Morgan fingerprint density at radius 2 is 1.66 bits per heavy atom. The zero-order valence-corrected chi connectivity index (χ0v) is 17.7. The van der Waals surface area contributed by atoms with Gasteiger partial charge in [0.1, 0.15) is 5.82 Å². The quantitative estimate of drug-likeness (QED) is 0.791. The summed E-state index contributed by atoms with van der Waals surface area (Å²) >= 11 is 0. The number of hydrogen-bond donors (Lipinski definition) is 0. The Bertz CT molecular complexity index is 819. The lowest BCUT2D eigenvalue weighted by atomic mass is 10.0. The van der Waals surface area contributed by atoms with Gasteiger partial charge < -0.3 is 9.80 Å². The molecule has 1 amide bonds. The highest BCUT2D eigenvalue weighted by molar-refractivity contribution is 5.95. The van der Waals surface area contributed by atoms with Crippen molar-refractivity contribution in [1.82, 2.24) is 14.8 Å². The second-order valence-corrected chi connectivity index (χ2v) is 8.46. The number of piperazine rings is 1. The summed E-state index contributed by atoms with van der Waals surface area (Å²) in [7, 11) is 0. The Morgan fingerprint density at radius 1 is 0.897 bits per heavy atom. The zero-order chi connectivity index (χ0) is 20.2. The second kappa shape index (κ2) is 8.95. The fourth-order valence-electron chi connectivity index (χ4n) is 4.32. The van der Waals surface area contributed by atoms with E-state index in [1.807, 2.05) is 29.3 Å². The molecular weight excluding hydrogens is 360 g/mol. The smallest absolute Gasteiger partial charge is 0.253 e. The largest absolute Gasteiger partial charge is 0.354 e. The summed E-state index contributed by atoms with van der Waals surface area (Å²) in [5.74, 6) is 1.19. The van der Waals surface area contributed by atoms with E-state index in [0.717, 1.165) is 74.6 Å². The number of pyridine rings is 1. The Labute approximate surface area is 174 Å². The first-order chi connectivity index (χ1) is 14.1. The molecule has 0 aliphatic carbocycles. The van der Waals surface area contributed by atoms with Gasteiger partial charge >= 0.3 is 0 Å². The van der Waals surface area contributed by atoms with Crippen molar-refractivity contribution >= 4 is 11.7 Å². The molecule has 0 radical (unpaired) electrons. The van der Waals surface area contributed by atoms with Crippen LogP contribution in [-0.4, -0.2) is 66.0 Å². The van der Waals surface area contributed by atoms with E-state index in [1.165, 1.54) is 6.42 Å². The minimum atomic E-state index is 0.152. The van der Waals surface area contributed by atoms with Gasteiger partial charge in [-0.05, 0) is 62.9 Å². The van der Waals surface area contributed by atoms with Crippen LogP contribution >= 0.6 is 0 Å². The average Bonchev–Trinajstić information content (AvgIpc) is 2.79. The molecule has 1 aromatic carbocycles. The topological polar surface area (TPSA) is 39.7 Å². The van der Waals surface area contributed by atoms with Crippen molar-refractivity contribution in [3.63, 3.8) is 0 Å². The maximum Gasteiger partial charge on any atom is 0.253 e. The summed E-state index contributed by atoms with van der Waals surface area (Å²) in [5, 5.41) is 0. The number of aromatic nitrogens is 1. The van der Waals surface area contributed by atoms with Gasteiger partial charge in [0.2, 0.25) is 0 Å². The molecule has 2 saturated heterocycles. The lowest BCUT2D eigenvalue weighted by Crippen LogP contribution is -2.49. The van der Waals surface area contributed by atoms with Crippen LogP contribution in [-0.2, 0) is 0 Å². The van der Waals surface area contributed by atoms with Crippen LogP contribution in [0.15, 0.2) is 42.6 Å². The standard InChI is InChI=1S/C24H32N4O/c1-19(2)26-13-15-27(16-14-26)23-10-9-22(18-25-23)20-7-6-8-21(17-20)24(29)28-11-4-3-5-12-28/h6-10,17-19H,3-5,11-16H2,1-2H3. The van der Waals surface area contributed by atoms with Crippen LogP contribution in [0.2, 0.25) is 0 Å². The molecule has 1 aromatic heterocycles. The maximum atomic E-state index is 12.8. The summed E-state index contributed by atoms with van der Waals surface area (Å²) in [6, 6.07) is 12.8. The lowest BCUT2D eigenvalue weighted by molar-refractivity contribution is 0.0724. The first-order valence-electron chi connectivity index (χ1n) is 11.0. The van der Waals surface area contributed by atoms with Gasteiger partial charge in [0.05, 0.1) is 0 Å². The van der Waals surface area contributed by atoms with Crippen LogP contribution in [0, 0.1) is 0 Å². The number of likely N-dealkylation sites (tertiary alicyclic amines) is 1. The summed E-state index contributed by atoms with van der Waals surface area (Å²) < 4.78 is 0. The molecule has 2 aliphatic rings. The fraction of sp³-hybridized carbons (Fsp3) is 0.500. The monoisotopic (exact) mass is 392 g/mol. The average molecular weight is 393 g/mol. The van der Waals surface area contributed by atoms with Crippen molar-refractivity contribution in [2.45, 2.75) is 39.2 Å². The molecule has 0 unspecified atom stereocenters. The van der Waals surface area contributed by atoms with E-state index < -0.39 is 0 Å². The number of rotatable bonds is 4. The minimum absolute atomic E-state index is 0.152. The van der Waals surface area contributed by atoms with Crippen molar-refractivity contribution in [3.05, 3.63) is 48.2 Å². The molecule has 0 spiro atoms. The molecule has 0 saturated carbocycles. The molecule has 5 heteroatoms. The van der Waals surface area contributed by atoms with Crippen molar-refractivity contribution in [2.75, 3.05) is 44.2 Å². The predicted molar refractivity (Wildman–Crippen MR) is 118 cm³/mol. The van der Waals surface area contributed by atoms with Gasteiger partial charge in [0.15, 0.2) is 0 Å². The highest BCUT2D eigenvalue weighted by atomic mass is 16.2. The van der Waals surface area contributed by atoms with E-state index >= 15 is 0 Å². The predicted octanol–water partition coefficient (Wildman–Crippen LogP) is 3.91. The van der Waals surface area contributed by atoms with E-state index in [9.17, 15) is 4.79 Å². The third-order valence-electron chi connectivity index (χ3n) is 6.20. The van der Waals surface area contributed by atoms with Gasteiger partial charge in [0.25, 0.3) is 5.91 Å². The first kappa shape index (κ1) is 19.9. The number of amides is 1. The van der Waals surface area contributed by atoms with E-state index in [1.54, 1.807) is 0 Å². The van der Waals surface area contributed by atoms with Gasteiger partial charge in [0, 0.05) is 62.6 Å². The van der Waals surface area contributed by atoms with Gasteiger partial charge in [-0.25, -0.2) is 4.98 Å². The molecule has 0 bridgehead atoms. The van der Waals surface area contributed by atoms with E-state index in [0.29, 0.717) is 6.04 Å². The third kappa shape index (κ3) is 4.61. The molecule has 154 valence electrons. The lowest BCUT2D eigenvalue weighted by Gasteiger charge is -2.37. The van der Waals surface area contributed by atoms with Gasteiger partial charge in [-0.15, -0.1) is 0 Å². The summed E-state index contributed by atoms with van der Waals surface area (Å²) in [6.45, 7) is 10.5. The van der Waals surface area contributed by atoms with Crippen LogP contribution in [0.1, 0.15) is 43.5 Å². The van der Waals surface area contributed by atoms with Crippen LogP contribution in [0.3, 0.4) is 0 Å². The summed E-state index contributed by atoms with van der Waals surface area (Å²) in [6.07, 6.45) is 5.40. The van der Waals surface area contributed by atoms with Crippen LogP contribution in [0.25, 0.3) is 11.1 Å². The van der Waals surface area contributed by atoms with Crippen LogP contribution in [0.5, 0.6) is 0 Å². The van der Waals surface area contributed by atoms with Gasteiger partial charge in [-0.3, -0.25) is 9.69 Å². The van der Waals surface area contributed by atoms with Crippen LogP contribution < -0.4 is 4.90 Å². The second-order valence-electron chi connectivity index (χ2n) is 8.46. The Balaban J connectivity index is 1.45. The van der Waals surface area contributed by atoms with Crippen molar-refractivity contribution < 1.29 is 4.79 Å². The number of carbonyl (C=O) groups is 1. The highest BCUT2D eigenvalue weighted by Gasteiger charge is 2.20. The number of piperidine rings is 1. The summed E-state index contributed by atoms with van der Waals surface area (Å²) in [5.41, 5.74) is 2.89. The normalized spacial score (nSPS) is 18.3. The Morgan fingerprint density at radius 3 is 2.31 bits per heavy atom. The van der Waals surface area contributed by atoms with Gasteiger partial charge in [-0.2, -0.15) is 0 Å². The van der Waals surface area contributed by atoms with Crippen molar-refractivity contribution in [1.29, 1.82) is 0 Å². The fourth-order valence-corrected chi connectivity index (χ4v) is 4.32. The number of nitrogens with zero attached hydrogens (tertiary/aromatic N) is 4. The molecule has 2 aliphatic heterocycles. The van der Waals surface area contributed by atoms with E-state index in [-0.39, 0.29) is 5.91 Å². The molecule has 3 heterocycles. The molecule has 2 fully saturated rings. The molecule has 5 nitrogen and oxygen atoms in total. The van der Waals surface area contributed by atoms with Crippen LogP contribution in [0.4, 0.5) is 5.82 Å². The molecule has 2 aromatic rings. The van der Waals surface area contributed by atoms with E-state index in [2.05, 4.69) is 41.8 Å². The summed E-state index contributed by atoms with van der Waals surface area (Å²) in [4.78, 5) is 24.4. The molecule has 29 heavy (non-hydrogen) atoms.